The summed E-state index contributed by atoms with van der Waals surface area (Å²) in [5, 5.41) is 0. The number of nitrogens with two attached hydrogens (primary N) is 2. The first-order valence-corrected chi connectivity index (χ1v) is 10.5. The number of benzene rings is 2. The molecule has 0 radical (unpaired) electrons. The molecular formula is C23H23FN4O5. The van der Waals surface area contributed by atoms with Gasteiger partial charge in [-0.1, -0.05) is 12.1 Å². The van der Waals surface area contributed by atoms with Crippen molar-refractivity contribution >= 4 is 35.1 Å². The molecule has 10 heteroatoms. The van der Waals surface area contributed by atoms with E-state index in [0.717, 1.165) is 0 Å². The third-order valence-corrected chi connectivity index (χ3v) is 5.89. The quantitative estimate of drug-likeness (QED) is 0.683. The van der Waals surface area contributed by atoms with Crippen molar-refractivity contribution in [1.82, 2.24) is 0 Å². The molecule has 4 N–H and O–H groups in total. The normalized spacial score (nSPS) is 18.4. The van der Waals surface area contributed by atoms with Gasteiger partial charge in [-0.05, 0) is 29.8 Å². The Bertz CT molecular complexity index is 1140. The summed E-state index contributed by atoms with van der Waals surface area (Å²) < 4.78 is 20.2. The molecule has 0 saturated carbocycles. The van der Waals surface area contributed by atoms with Crippen LogP contribution in [-0.4, -0.2) is 49.4 Å². The highest BCUT2D eigenvalue weighted by Crippen LogP contribution is 2.30. The van der Waals surface area contributed by atoms with E-state index in [0.29, 0.717) is 42.9 Å². The minimum Gasteiger partial charge on any atom is -0.444 e. The summed E-state index contributed by atoms with van der Waals surface area (Å²) in [6.45, 7) is 1.03. The van der Waals surface area contributed by atoms with Gasteiger partial charge in [0.05, 0.1) is 29.0 Å². The second-order valence-electron chi connectivity index (χ2n) is 8.05. The van der Waals surface area contributed by atoms with Gasteiger partial charge in [-0.15, -0.1) is 0 Å². The van der Waals surface area contributed by atoms with E-state index in [9.17, 15) is 23.6 Å². The van der Waals surface area contributed by atoms with Crippen LogP contribution in [0.2, 0.25) is 0 Å². The predicted molar refractivity (Wildman–Crippen MR) is 118 cm³/mol. The summed E-state index contributed by atoms with van der Waals surface area (Å²) in [6, 6.07) is 9.06. The molecule has 4 rings (SSSR count). The number of hydrogen-bond acceptors (Lipinski definition) is 6. The number of nitrogens with zero attached hydrogens (tertiary/aromatic N) is 2. The van der Waals surface area contributed by atoms with Crippen LogP contribution in [0.4, 0.5) is 20.6 Å². The van der Waals surface area contributed by atoms with Gasteiger partial charge < -0.3 is 21.1 Å². The van der Waals surface area contributed by atoms with Crippen LogP contribution in [-0.2, 0) is 16.0 Å². The lowest BCUT2D eigenvalue weighted by Crippen LogP contribution is -2.34. The van der Waals surface area contributed by atoms with Gasteiger partial charge in [0.15, 0.2) is 0 Å². The van der Waals surface area contributed by atoms with Gasteiger partial charge in [0.1, 0.15) is 17.7 Å². The number of halogens is 1. The molecule has 2 aromatic carbocycles. The number of piperidine rings is 1. The third kappa shape index (κ3) is 4.50. The molecule has 0 bridgehead atoms. The summed E-state index contributed by atoms with van der Waals surface area (Å²) in [7, 11) is 0. The number of hydrogen-bond donors (Lipinski definition) is 2. The lowest BCUT2D eigenvalue weighted by Gasteiger charge is -2.28. The van der Waals surface area contributed by atoms with Crippen LogP contribution in [0, 0.1) is 5.82 Å². The van der Waals surface area contributed by atoms with Crippen LogP contribution in [0.1, 0.15) is 39.1 Å². The Balaban J connectivity index is 1.51. The Labute approximate surface area is 189 Å². The molecule has 0 aromatic heterocycles. The SMILES string of the molecule is NC(=O)c1cccc(CC2CN(c3ccc(N4CCC(=O)CC4)c(F)c3)C(=O)O2)c1C(N)=O. The largest absolute Gasteiger partial charge is 0.444 e. The third-order valence-electron chi connectivity index (χ3n) is 5.89. The number of Topliss-reactive ketones (excluding diaryl/α,β-unsaturated/α-hetero) is 1. The number of primary amides is 2. The number of cyclic esters (lactones) is 1. The number of amides is 3. The Kier molecular flexibility index (Phi) is 5.99. The number of ether oxygens (including phenoxy) is 1. The lowest BCUT2D eigenvalue weighted by molar-refractivity contribution is -0.119. The van der Waals surface area contributed by atoms with Crippen LogP contribution >= 0.6 is 0 Å². The topological polar surface area (TPSA) is 136 Å². The van der Waals surface area contributed by atoms with Crippen molar-refractivity contribution in [3.05, 3.63) is 58.9 Å². The fourth-order valence-electron chi connectivity index (χ4n) is 4.27. The highest BCUT2D eigenvalue weighted by atomic mass is 19.1. The highest BCUT2D eigenvalue weighted by Gasteiger charge is 2.34. The highest BCUT2D eigenvalue weighted by molar-refractivity contribution is 6.07. The molecule has 2 fully saturated rings. The minimum atomic E-state index is -0.808. The van der Waals surface area contributed by atoms with E-state index < -0.39 is 29.8 Å². The molecule has 172 valence electrons. The lowest BCUT2D eigenvalue weighted by atomic mass is 9.95. The molecule has 2 aliphatic heterocycles. The first kappa shape index (κ1) is 22.3. The van der Waals surface area contributed by atoms with Crippen LogP contribution in [0.3, 0.4) is 0 Å². The number of anilines is 2. The maximum atomic E-state index is 14.8. The van der Waals surface area contributed by atoms with E-state index >= 15 is 0 Å². The van der Waals surface area contributed by atoms with Crippen molar-refractivity contribution in [2.24, 2.45) is 11.5 Å². The Hall–Kier alpha value is -3.95. The number of ketones is 1. The van der Waals surface area contributed by atoms with Crippen LogP contribution < -0.4 is 21.3 Å². The molecule has 9 nitrogen and oxygen atoms in total. The van der Waals surface area contributed by atoms with Gasteiger partial charge in [-0.2, -0.15) is 0 Å². The molecule has 3 amide bonds. The Morgan fingerprint density at radius 2 is 1.79 bits per heavy atom. The zero-order valence-corrected chi connectivity index (χ0v) is 17.8. The fraction of sp³-hybridized carbons (Fsp3) is 0.304. The average Bonchev–Trinajstić information content (AvgIpc) is 3.14. The molecule has 2 saturated heterocycles. The molecule has 1 unspecified atom stereocenters. The van der Waals surface area contributed by atoms with E-state index in [1.54, 1.807) is 24.3 Å². The molecule has 2 aromatic rings. The first-order chi connectivity index (χ1) is 15.7. The molecule has 0 spiro atoms. The second-order valence-corrected chi connectivity index (χ2v) is 8.05. The van der Waals surface area contributed by atoms with Crippen LogP contribution in [0.5, 0.6) is 0 Å². The summed E-state index contributed by atoms with van der Waals surface area (Å²) in [5.41, 5.74) is 11.9. The van der Waals surface area contributed by atoms with E-state index in [4.69, 9.17) is 16.2 Å². The van der Waals surface area contributed by atoms with Gasteiger partial charge in [0.25, 0.3) is 0 Å². The van der Waals surface area contributed by atoms with Gasteiger partial charge in [-0.3, -0.25) is 19.3 Å². The maximum absolute atomic E-state index is 14.8. The van der Waals surface area contributed by atoms with Gasteiger partial charge in [0, 0.05) is 32.4 Å². The molecule has 1 atom stereocenters. The van der Waals surface area contributed by atoms with Crippen molar-refractivity contribution in [1.29, 1.82) is 0 Å². The fourth-order valence-corrected chi connectivity index (χ4v) is 4.27. The van der Waals surface area contributed by atoms with Crippen molar-refractivity contribution < 1.29 is 28.3 Å². The van der Waals surface area contributed by atoms with E-state index in [2.05, 4.69) is 0 Å². The summed E-state index contributed by atoms with van der Waals surface area (Å²) >= 11 is 0. The average molecular weight is 454 g/mol. The summed E-state index contributed by atoms with van der Waals surface area (Å²) in [6.07, 6.45) is -0.404. The van der Waals surface area contributed by atoms with E-state index in [-0.39, 0.29) is 29.9 Å². The first-order valence-electron chi connectivity index (χ1n) is 10.5. The molecule has 2 aliphatic rings. The number of carbonyl (C=O) groups is 4. The van der Waals surface area contributed by atoms with Crippen LogP contribution in [0.25, 0.3) is 0 Å². The van der Waals surface area contributed by atoms with Crippen molar-refractivity contribution in [3.8, 4) is 0 Å². The summed E-state index contributed by atoms with van der Waals surface area (Å²) in [5.74, 6) is -1.93. The molecular weight excluding hydrogens is 431 g/mol. The number of carbonyl (C=O) groups excluding carboxylic acids is 4. The van der Waals surface area contributed by atoms with E-state index in [1.807, 2.05) is 4.90 Å². The maximum Gasteiger partial charge on any atom is 0.414 e. The smallest absolute Gasteiger partial charge is 0.414 e. The minimum absolute atomic E-state index is 0.00162. The summed E-state index contributed by atoms with van der Waals surface area (Å²) in [4.78, 5) is 50.6. The predicted octanol–water partition coefficient (Wildman–Crippen LogP) is 1.76. The molecule has 0 aliphatic carbocycles. The standard InChI is InChI=1S/C23H23FN4O5/c24-18-11-14(4-5-19(18)27-8-6-15(29)7-9-27)28-12-16(33-23(28)32)10-13-2-1-3-17(21(25)30)20(13)22(26)31/h1-5,11,16H,6-10,12H2,(H2,25,30)(H2,26,31). The van der Waals surface area contributed by atoms with Crippen LogP contribution in [0.15, 0.2) is 36.4 Å². The van der Waals surface area contributed by atoms with Gasteiger partial charge >= 0.3 is 6.09 Å². The molecule has 33 heavy (non-hydrogen) atoms. The van der Waals surface area contributed by atoms with Crippen molar-refractivity contribution in [2.75, 3.05) is 29.4 Å². The zero-order chi connectivity index (χ0) is 23.7. The Morgan fingerprint density at radius 3 is 2.42 bits per heavy atom. The second kappa shape index (κ2) is 8.89. The van der Waals surface area contributed by atoms with Crippen molar-refractivity contribution in [2.45, 2.75) is 25.4 Å². The Morgan fingerprint density at radius 1 is 1.06 bits per heavy atom. The van der Waals surface area contributed by atoms with Gasteiger partial charge in [0.2, 0.25) is 11.8 Å². The number of rotatable bonds is 6. The molecule has 2 heterocycles. The van der Waals surface area contributed by atoms with E-state index in [1.165, 1.54) is 17.0 Å². The van der Waals surface area contributed by atoms with Crippen molar-refractivity contribution in [3.63, 3.8) is 0 Å². The monoisotopic (exact) mass is 454 g/mol. The van der Waals surface area contributed by atoms with Gasteiger partial charge in [-0.25, -0.2) is 9.18 Å². The zero-order valence-electron chi connectivity index (χ0n) is 17.8.